The first-order chi connectivity index (χ1) is 8.31. The zero-order valence-corrected chi connectivity index (χ0v) is 10.1. The molecule has 1 rings (SSSR count). The molecule has 0 heterocycles. The third-order valence-corrected chi connectivity index (χ3v) is 2.28. The highest BCUT2D eigenvalue weighted by Crippen LogP contribution is 2.17. The lowest BCUT2D eigenvalue weighted by atomic mass is 9.99. The van der Waals surface area contributed by atoms with Crippen LogP contribution in [-0.2, 0) is 4.79 Å². The summed E-state index contributed by atoms with van der Waals surface area (Å²) < 4.78 is 39.2. The first-order valence-electron chi connectivity index (χ1n) is 5.50. The average Bonchev–Trinajstić information content (AvgIpc) is 2.12. The van der Waals surface area contributed by atoms with E-state index in [0.29, 0.717) is 12.1 Å². The molecule has 0 radical (unpaired) electrons. The highest BCUT2D eigenvalue weighted by atomic mass is 19.1. The van der Waals surface area contributed by atoms with E-state index in [1.807, 2.05) is 0 Å². The second kappa shape index (κ2) is 5.80. The van der Waals surface area contributed by atoms with Crippen molar-refractivity contribution in [1.29, 1.82) is 0 Å². The van der Waals surface area contributed by atoms with Gasteiger partial charge in [0.15, 0.2) is 5.78 Å². The normalized spacial score (nSPS) is 10.8. The molecular weight excluding hydrogens is 245 g/mol. The Morgan fingerprint density at radius 1 is 1.11 bits per heavy atom. The lowest BCUT2D eigenvalue weighted by Gasteiger charge is -2.05. The van der Waals surface area contributed by atoms with Crippen molar-refractivity contribution in [2.24, 2.45) is 5.92 Å². The predicted molar refractivity (Wildman–Crippen MR) is 59.7 cm³/mol. The average molecular weight is 258 g/mol. The van der Waals surface area contributed by atoms with Gasteiger partial charge in [0.1, 0.15) is 23.2 Å². The fourth-order valence-electron chi connectivity index (χ4n) is 1.60. The monoisotopic (exact) mass is 258 g/mol. The maximum atomic E-state index is 13.3. The van der Waals surface area contributed by atoms with E-state index in [1.165, 1.54) is 0 Å². The van der Waals surface area contributed by atoms with Crippen LogP contribution in [0.3, 0.4) is 0 Å². The molecule has 0 N–H and O–H groups in total. The smallest absolute Gasteiger partial charge is 0.176 e. The number of hydrogen-bond acceptors (Lipinski definition) is 2. The lowest BCUT2D eigenvalue weighted by molar-refractivity contribution is -0.118. The van der Waals surface area contributed by atoms with E-state index in [4.69, 9.17) is 0 Å². The molecule has 0 aromatic heterocycles. The summed E-state index contributed by atoms with van der Waals surface area (Å²) in [5.41, 5.74) is -0.853. The quantitative estimate of drug-likeness (QED) is 0.600. The van der Waals surface area contributed by atoms with Crippen molar-refractivity contribution in [3.8, 4) is 0 Å². The van der Waals surface area contributed by atoms with Gasteiger partial charge in [-0.05, 0) is 5.92 Å². The number of carbonyl (C=O) groups is 2. The van der Waals surface area contributed by atoms with Crippen LogP contribution in [0, 0.1) is 23.4 Å². The topological polar surface area (TPSA) is 34.1 Å². The van der Waals surface area contributed by atoms with E-state index in [0.717, 1.165) is 0 Å². The van der Waals surface area contributed by atoms with Gasteiger partial charge in [-0.2, -0.15) is 0 Å². The molecule has 0 saturated heterocycles. The molecule has 0 unspecified atom stereocenters. The number of carbonyl (C=O) groups excluding carboxylic acids is 2. The molecular formula is C13H13F3O2. The fourth-order valence-corrected chi connectivity index (χ4v) is 1.60. The van der Waals surface area contributed by atoms with Crippen LogP contribution >= 0.6 is 0 Å². The van der Waals surface area contributed by atoms with Crippen LogP contribution < -0.4 is 0 Å². The highest BCUT2D eigenvalue weighted by Gasteiger charge is 2.21. The Morgan fingerprint density at radius 2 is 1.61 bits per heavy atom. The molecule has 1 aromatic rings. The Hall–Kier alpha value is -1.65. The molecule has 0 aliphatic heterocycles. The maximum absolute atomic E-state index is 13.3. The van der Waals surface area contributed by atoms with Crippen LogP contribution in [0.15, 0.2) is 12.1 Å². The Bertz CT molecular complexity index is 458. The molecule has 0 bridgehead atoms. The molecule has 0 saturated carbocycles. The van der Waals surface area contributed by atoms with Gasteiger partial charge in [0.05, 0.1) is 12.0 Å². The Labute approximate surface area is 103 Å². The molecule has 5 heteroatoms. The first kappa shape index (κ1) is 14.4. The summed E-state index contributed by atoms with van der Waals surface area (Å²) in [5, 5.41) is 0. The Morgan fingerprint density at radius 3 is 2.06 bits per heavy atom. The van der Waals surface area contributed by atoms with Crippen LogP contribution in [0.4, 0.5) is 13.2 Å². The van der Waals surface area contributed by atoms with Crippen molar-refractivity contribution in [2.45, 2.75) is 26.7 Å². The SMILES string of the molecule is CC(C)CC(=O)CC(=O)c1c(F)cc(F)cc1F. The Balaban J connectivity index is 2.88. The van der Waals surface area contributed by atoms with Crippen LogP contribution in [-0.4, -0.2) is 11.6 Å². The molecule has 0 aliphatic carbocycles. The van der Waals surface area contributed by atoms with E-state index >= 15 is 0 Å². The second-order valence-corrected chi connectivity index (χ2v) is 4.48. The highest BCUT2D eigenvalue weighted by molar-refractivity contribution is 6.08. The molecule has 0 spiro atoms. The van der Waals surface area contributed by atoms with Gasteiger partial charge >= 0.3 is 0 Å². The molecule has 0 atom stereocenters. The second-order valence-electron chi connectivity index (χ2n) is 4.48. The van der Waals surface area contributed by atoms with E-state index in [1.54, 1.807) is 13.8 Å². The third-order valence-electron chi connectivity index (χ3n) is 2.28. The van der Waals surface area contributed by atoms with E-state index < -0.39 is 41.0 Å². The van der Waals surface area contributed by atoms with Crippen LogP contribution in [0.25, 0.3) is 0 Å². The largest absolute Gasteiger partial charge is 0.299 e. The Kier molecular flexibility index (Phi) is 4.64. The molecule has 2 nitrogen and oxygen atoms in total. The molecule has 98 valence electrons. The van der Waals surface area contributed by atoms with Crippen molar-refractivity contribution < 1.29 is 22.8 Å². The van der Waals surface area contributed by atoms with Crippen molar-refractivity contribution >= 4 is 11.6 Å². The number of hydrogen-bond donors (Lipinski definition) is 0. The van der Waals surface area contributed by atoms with Gasteiger partial charge in [0.25, 0.3) is 0 Å². The van der Waals surface area contributed by atoms with Crippen molar-refractivity contribution in [3.63, 3.8) is 0 Å². The molecule has 1 aromatic carbocycles. The maximum Gasteiger partial charge on any atom is 0.176 e. The number of rotatable bonds is 5. The summed E-state index contributed by atoms with van der Waals surface area (Å²) in [6.07, 6.45) is -0.409. The summed E-state index contributed by atoms with van der Waals surface area (Å²) in [6, 6.07) is 0.840. The van der Waals surface area contributed by atoms with E-state index in [2.05, 4.69) is 0 Å². The predicted octanol–water partition coefficient (Wildman–Crippen LogP) is 3.29. The minimum absolute atomic E-state index is 0.0632. The van der Waals surface area contributed by atoms with Crippen LogP contribution in [0.1, 0.15) is 37.0 Å². The number of Topliss-reactive ketones (excluding diaryl/α,β-unsaturated/α-hetero) is 2. The van der Waals surface area contributed by atoms with Gasteiger partial charge in [-0.15, -0.1) is 0 Å². The summed E-state index contributed by atoms with van der Waals surface area (Å²) in [7, 11) is 0. The summed E-state index contributed by atoms with van der Waals surface area (Å²) in [6.45, 7) is 3.59. The van der Waals surface area contributed by atoms with Gasteiger partial charge in [-0.3, -0.25) is 9.59 Å². The minimum Gasteiger partial charge on any atom is -0.299 e. The van der Waals surface area contributed by atoms with Crippen molar-refractivity contribution in [2.75, 3.05) is 0 Å². The summed E-state index contributed by atoms with van der Waals surface area (Å²) >= 11 is 0. The standard InChI is InChI=1S/C13H13F3O2/c1-7(2)3-9(17)6-12(18)13-10(15)4-8(14)5-11(13)16/h4-5,7H,3,6H2,1-2H3. The van der Waals surface area contributed by atoms with Crippen molar-refractivity contribution in [1.82, 2.24) is 0 Å². The number of halogens is 3. The molecule has 0 amide bonds. The zero-order chi connectivity index (χ0) is 13.9. The zero-order valence-electron chi connectivity index (χ0n) is 10.1. The van der Waals surface area contributed by atoms with Gasteiger partial charge in [-0.1, -0.05) is 13.8 Å². The van der Waals surface area contributed by atoms with Gasteiger partial charge in [0, 0.05) is 18.6 Å². The van der Waals surface area contributed by atoms with Crippen LogP contribution in [0.2, 0.25) is 0 Å². The van der Waals surface area contributed by atoms with E-state index in [9.17, 15) is 22.8 Å². The number of benzene rings is 1. The first-order valence-corrected chi connectivity index (χ1v) is 5.50. The van der Waals surface area contributed by atoms with Gasteiger partial charge in [0.2, 0.25) is 0 Å². The molecule has 0 fully saturated rings. The molecule has 0 aliphatic rings. The molecule has 18 heavy (non-hydrogen) atoms. The minimum atomic E-state index is -1.28. The number of ketones is 2. The van der Waals surface area contributed by atoms with Gasteiger partial charge < -0.3 is 0 Å². The van der Waals surface area contributed by atoms with Crippen molar-refractivity contribution in [3.05, 3.63) is 35.1 Å². The van der Waals surface area contributed by atoms with E-state index in [-0.39, 0.29) is 12.3 Å². The summed E-state index contributed by atoms with van der Waals surface area (Å²) in [4.78, 5) is 23.0. The van der Waals surface area contributed by atoms with Gasteiger partial charge in [-0.25, -0.2) is 13.2 Å². The fraction of sp³-hybridized carbons (Fsp3) is 0.385. The summed E-state index contributed by atoms with van der Waals surface area (Å²) in [5.74, 6) is -4.96. The van der Waals surface area contributed by atoms with Crippen LogP contribution in [0.5, 0.6) is 0 Å². The lowest BCUT2D eigenvalue weighted by Crippen LogP contribution is -2.13. The third kappa shape index (κ3) is 3.68.